The number of carbonyl (C=O) groups is 2. The summed E-state index contributed by atoms with van der Waals surface area (Å²) in [6.07, 6.45) is 8.59. The van der Waals surface area contributed by atoms with E-state index in [1.54, 1.807) is 31.4 Å². The Labute approximate surface area is 149 Å². The zero-order chi connectivity index (χ0) is 17.6. The molecule has 0 aliphatic carbocycles. The molecule has 0 saturated heterocycles. The Bertz CT molecular complexity index is 526. The van der Waals surface area contributed by atoms with Gasteiger partial charge >= 0.3 is 0 Å². The first-order valence-corrected chi connectivity index (χ1v) is 9.34. The Morgan fingerprint density at radius 2 is 1.75 bits per heavy atom. The lowest BCUT2D eigenvalue weighted by molar-refractivity contribution is -0.116. The largest absolute Gasteiger partial charge is 0.497 e. The van der Waals surface area contributed by atoms with Gasteiger partial charge in [0.2, 0.25) is 11.0 Å². The Hall–Kier alpha value is -1.75. The minimum absolute atomic E-state index is 0.0994. The van der Waals surface area contributed by atoms with Crippen LogP contribution in [0.3, 0.4) is 0 Å². The molecule has 0 fully saturated rings. The highest BCUT2D eigenvalue weighted by Crippen LogP contribution is 2.17. The fourth-order valence-corrected chi connectivity index (χ4v) is 2.72. The number of rotatable bonds is 11. The van der Waals surface area contributed by atoms with Crippen LogP contribution < -0.4 is 10.1 Å². The van der Waals surface area contributed by atoms with Gasteiger partial charge in [-0.15, -0.1) is 0 Å². The molecule has 0 bridgehead atoms. The topological polar surface area (TPSA) is 55.4 Å². The Morgan fingerprint density at radius 3 is 2.42 bits per heavy atom. The minimum atomic E-state index is -0.154. The highest BCUT2D eigenvalue weighted by atomic mass is 32.2. The van der Waals surface area contributed by atoms with Crippen LogP contribution in [0.4, 0.5) is 0 Å². The third-order valence-corrected chi connectivity index (χ3v) is 4.27. The Morgan fingerprint density at radius 1 is 1.08 bits per heavy atom. The zero-order valence-electron chi connectivity index (χ0n) is 14.5. The van der Waals surface area contributed by atoms with E-state index in [1.165, 1.54) is 37.2 Å². The Kier molecular flexibility index (Phi) is 10.7. The van der Waals surface area contributed by atoms with Crippen LogP contribution in [0.1, 0.15) is 55.8 Å². The van der Waals surface area contributed by atoms with Crippen molar-refractivity contribution < 1.29 is 14.3 Å². The van der Waals surface area contributed by atoms with E-state index in [4.69, 9.17) is 4.74 Å². The molecule has 1 N–H and O–H groups in total. The summed E-state index contributed by atoms with van der Waals surface area (Å²) in [6, 6.07) is 6.90. The summed E-state index contributed by atoms with van der Waals surface area (Å²) < 4.78 is 5.05. The van der Waals surface area contributed by atoms with Crippen LogP contribution >= 0.6 is 11.8 Å². The zero-order valence-corrected chi connectivity index (χ0v) is 15.4. The van der Waals surface area contributed by atoms with Crippen molar-refractivity contribution in [2.45, 2.75) is 45.4 Å². The van der Waals surface area contributed by atoms with Gasteiger partial charge in [0, 0.05) is 18.2 Å². The van der Waals surface area contributed by atoms with E-state index < -0.39 is 0 Å². The number of ether oxygens (including phenoxy) is 1. The van der Waals surface area contributed by atoms with Crippen molar-refractivity contribution in [1.29, 1.82) is 0 Å². The molecule has 0 heterocycles. The fourth-order valence-electron chi connectivity index (χ4n) is 2.13. The van der Waals surface area contributed by atoms with Gasteiger partial charge in [-0.25, -0.2) is 0 Å². The molecule has 5 heteroatoms. The van der Waals surface area contributed by atoms with Gasteiger partial charge in [-0.3, -0.25) is 9.59 Å². The van der Waals surface area contributed by atoms with Crippen LogP contribution in [0.25, 0.3) is 0 Å². The van der Waals surface area contributed by atoms with E-state index in [0.717, 1.165) is 24.6 Å². The molecule has 0 radical (unpaired) electrons. The smallest absolute Gasteiger partial charge is 0.244 e. The van der Waals surface area contributed by atoms with Crippen LogP contribution in [0.15, 0.2) is 35.7 Å². The average Bonchev–Trinajstić information content (AvgIpc) is 2.61. The predicted octanol–water partition coefficient (Wildman–Crippen LogP) is 4.56. The second-order valence-corrected chi connectivity index (χ2v) is 6.37. The number of nitrogens with one attached hydrogen (secondary N) is 1. The molecule has 1 aromatic carbocycles. The molecular weight excluding hydrogens is 322 g/mol. The second-order valence-electron chi connectivity index (χ2n) is 5.50. The summed E-state index contributed by atoms with van der Waals surface area (Å²) in [6.45, 7) is 2.89. The summed E-state index contributed by atoms with van der Waals surface area (Å²) in [5.41, 5.74) is 0.581. The molecule has 0 atom stereocenters. The third-order valence-electron chi connectivity index (χ3n) is 3.55. The molecule has 0 aromatic heterocycles. The summed E-state index contributed by atoms with van der Waals surface area (Å²) in [5.74, 6) is 0.555. The monoisotopic (exact) mass is 349 g/mol. The predicted molar refractivity (Wildman–Crippen MR) is 100 cm³/mol. The second kappa shape index (κ2) is 12.6. The summed E-state index contributed by atoms with van der Waals surface area (Å²) in [4.78, 5) is 23.6. The molecule has 0 spiro atoms. The first-order chi connectivity index (χ1) is 11.7. The third kappa shape index (κ3) is 8.77. The molecule has 0 aliphatic rings. The lowest BCUT2D eigenvalue weighted by Crippen LogP contribution is -2.21. The van der Waals surface area contributed by atoms with Crippen LogP contribution in [-0.2, 0) is 4.79 Å². The molecule has 132 valence electrons. The number of amides is 1. The van der Waals surface area contributed by atoms with E-state index in [2.05, 4.69) is 12.2 Å². The molecule has 1 aromatic rings. The van der Waals surface area contributed by atoms with Crippen molar-refractivity contribution in [3.63, 3.8) is 0 Å². The quantitative estimate of drug-likeness (QED) is 0.470. The number of carbonyl (C=O) groups excluding carboxylic acids is 2. The fraction of sp³-hybridized carbons (Fsp3) is 0.474. The average molecular weight is 349 g/mol. The van der Waals surface area contributed by atoms with Crippen molar-refractivity contribution in [1.82, 2.24) is 5.32 Å². The molecule has 24 heavy (non-hydrogen) atoms. The van der Waals surface area contributed by atoms with Crippen LogP contribution in [0, 0.1) is 0 Å². The summed E-state index contributed by atoms with van der Waals surface area (Å²) >= 11 is 1.00. The summed E-state index contributed by atoms with van der Waals surface area (Å²) in [5, 5.41) is 4.27. The first-order valence-electron chi connectivity index (χ1n) is 8.46. The van der Waals surface area contributed by atoms with Gasteiger partial charge in [-0.1, -0.05) is 50.8 Å². The van der Waals surface area contributed by atoms with Crippen molar-refractivity contribution in [2.75, 3.05) is 13.7 Å². The number of hydrogen-bond donors (Lipinski definition) is 1. The molecule has 1 amide bonds. The van der Waals surface area contributed by atoms with Gasteiger partial charge in [0.25, 0.3) is 0 Å². The van der Waals surface area contributed by atoms with Crippen molar-refractivity contribution in [3.05, 3.63) is 41.3 Å². The van der Waals surface area contributed by atoms with Crippen molar-refractivity contribution >= 4 is 22.8 Å². The standard InChI is InChI=1S/C19H27NO3S/c1-3-4-5-6-7-8-14-20-18(21)13-15-24-19(22)16-9-11-17(23-2)12-10-16/h9-13,15H,3-8,14H2,1-2H3,(H,20,21). The van der Waals surface area contributed by atoms with Gasteiger partial charge in [-0.2, -0.15) is 0 Å². The highest BCUT2D eigenvalue weighted by molar-refractivity contribution is 8.16. The SMILES string of the molecule is CCCCCCCCNC(=O)C=CSC(=O)c1ccc(OC)cc1. The normalized spacial score (nSPS) is 10.8. The van der Waals surface area contributed by atoms with Gasteiger partial charge in [0.1, 0.15) is 5.75 Å². The van der Waals surface area contributed by atoms with Crippen molar-refractivity contribution in [3.8, 4) is 5.75 Å². The van der Waals surface area contributed by atoms with Gasteiger partial charge in [0.15, 0.2) is 0 Å². The summed E-state index contributed by atoms with van der Waals surface area (Å²) in [7, 11) is 1.58. The maximum absolute atomic E-state index is 12.0. The van der Waals surface area contributed by atoms with Crippen LogP contribution in [0.2, 0.25) is 0 Å². The van der Waals surface area contributed by atoms with Crippen molar-refractivity contribution in [2.24, 2.45) is 0 Å². The number of thioether (sulfide) groups is 1. The maximum Gasteiger partial charge on any atom is 0.244 e. The van der Waals surface area contributed by atoms with E-state index in [9.17, 15) is 9.59 Å². The Balaban J connectivity index is 2.18. The van der Waals surface area contributed by atoms with E-state index in [0.29, 0.717) is 17.9 Å². The number of hydrogen-bond acceptors (Lipinski definition) is 4. The van der Waals surface area contributed by atoms with E-state index in [1.807, 2.05) is 0 Å². The molecule has 0 saturated carbocycles. The lowest BCUT2D eigenvalue weighted by Gasteiger charge is -2.02. The maximum atomic E-state index is 12.0. The number of methoxy groups -OCH3 is 1. The highest BCUT2D eigenvalue weighted by Gasteiger charge is 2.05. The molecule has 4 nitrogen and oxygen atoms in total. The number of unbranched alkanes of at least 4 members (excludes halogenated alkanes) is 5. The first kappa shape index (κ1) is 20.3. The van der Waals surface area contributed by atoms with E-state index >= 15 is 0 Å². The molecular formula is C19H27NO3S. The lowest BCUT2D eigenvalue weighted by atomic mass is 10.1. The minimum Gasteiger partial charge on any atom is -0.497 e. The van der Waals surface area contributed by atoms with Gasteiger partial charge in [-0.05, 0) is 36.1 Å². The van der Waals surface area contributed by atoms with Crippen LogP contribution in [0.5, 0.6) is 5.75 Å². The van der Waals surface area contributed by atoms with Crippen LogP contribution in [-0.4, -0.2) is 24.7 Å². The number of benzene rings is 1. The molecule has 0 aliphatic heterocycles. The van der Waals surface area contributed by atoms with Gasteiger partial charge in [0.05, 0.1) is 7.11 Å². The molecule has 1 rings (SSSR count). The van der Waals surface area contributed by atoms with Gasteiger partial charge < -0.3 is 10.1 Å². The molecule has 0 unspecified atom stereocenters. The van der Waals surface area contributed by atoms with E-state index in [-0.39, 0.29) is 11.0 Å².